The first-order valence-corrected chi connectivity index (χ1v) is 12.3. The Morgan fingerprint density at radius 3 is 2.13 bits per heavy atom. The summed E-state index contributed by atoms with van der Waals surface area (Å²) in [4.78, 5) is 0. The molecule has 136 valence electrons. The quantitative estimate of drug-likeness (QED) is 0.415. The molecule has 2 fully saturated rings. The largest absolute Gasteiger partial charge is 0.325 e. The van der Waals surface area contributed by atoms with Crippen LogP contribution in [0.1, 0.15) is 104 Å². The van der Waals surface area contributed by atoms with E-state index in [4.69, 9.17) is 4.52 Å². The molecule has 0 bridgehead atoms. The molecule has 0 aromatic rings. The Balaban J connectivity index is 2.03. The van der Waals surface area contributed by atoms with Crippen LogP contribution >= 0.6 is 7.37 Å². The van der Waals surface area contributed by atoms with Crippen molar-refractivity contribution in [2.45, 2.75) is 116 Å². The van der Waals surface area contributed by atoms with Crippen molar-refractivity contribution < 1.29 is 9.09 Å². The van der Waals surface area contributed by atoms with Gasteiger partial charge in [0.05, 0.1) is 6.10 Å². The highest BCUT2D eigenvalue weighted by Gasteiger charge is 2.38. The van der Waals surface area contributed by atoms with Gasteiger partial charge in [-0.2, -0.15) is 0 Å². The lowest BCUT2D eigenvalue weighted by Crippen LogP contribution is -2.25. The molecule has 0 heterocycles. The third kappa shape index (κ3) is 6.20. The van der Waals surface area contributed by atoms with Crippen LogP contribution in [0.25, 0.3) is 0 Å². The van der Waals surface area contributed by atoms with Gasteiger partial charge in [-0.1, -0.05) is 71.6 Å². The van der Waals surface area contributed by atoms with E-state index in [2.05, 4.69) is 13.8 Å². The summed E-state index contributed by atoms with van der Waals surface area (Å²) in [5.41, 5.74) is 0.369. The van der Waals surface area contributed by atoms with Crippen molar-refractivity contribution in [3.8, 4) is 0 Å². The lowest BCUT2D eigenvalue weighted by Gasteiger charge is -2.36. The summed E-state index contributed by atoms with van der Waals surface area (Å²) in [6.07, 6.45) is 18.4. The van der Waals surface area contributed by atoms with Gasteiger partial charge in [-0.25, -0.2) is 0 Å². The predicted molar refractivity (Wildman–Crippen MR) is 101 cm³/mol. The summed E-state index contributed by atoms with van der Waals surface area (Å²) < 4.78 is 20.4. The van der Waals surface area contributed by atoms with E-state index in [1.54, 1.807) is 0 Å². The maximum Gasteiger partial charge on any atom is 0.206 e. The van der Waals surface area contributed by atoms with Gasteiger partial charge in [0.2, 0.25) is 7.37 Å². The molecule has 2 nitrogen and oxygen atoms in total. The van der Waals surface area contributed by atoms with Gasteiger partial charge >= 0.3 is 0 Å². The number of hydrogen-bond donors (Lipinski definition) is 0. The SMILES string of the molecule is CCCCC(CC)CP(=O)(OC1CCCCC1)C1CCCCC1. The Bertz CT molecular complexity index is 357. The van der Waals surface area contributed by atoms with E-state index < -0.39 is 7.37 Å². The maximum absolute atomic E-state index is 13.9. The first-order chi connectivity index (χ1) is 11.2. The van der Waals surface area contributed by atoms with Crippen LogP contribution < -0.4 is 0 Å². The fourth-order valence-corrected chi connectivity index (χ4v) is 8.04. The van der Waals surface area contributed by atoms with E-state index >= 15 is 0 Å². The second kappa shape index (κ2) is 10.2. The standard InChI is InChI=1S/C20H39O2P/c1-3-5-12-18(4-2)17-23(21,20-15-10-7-11-16-20)22-19-13-8-6-9-14-19/h18-20H,3-17H2,1-2H3. The van der Waals surface area contributed by atoms with Crippen LogP contribution in [0.15, 0.2) is 0 Å². The summed E-state index contributed by atoms with van der Waals surface area (Å²) in [5, 5.41) is 0. The lowest BCUT2D eigenvalue weighted by molar-refractivity contribution is 0.151. The Morgan fingerprint density at radius 2 is 1.57 bits per heavy atom. The van der Waals surface area contributed by atoms with E-state index in [0.29, 0.717) is 17.7 Å². The normalized spacial score (nSPS) is 25.1. The zero-order valence-electron chi connectivity index (χ0n) is 15.6. The van der Waals surface area contributed by atoms with Crippen molar-refractivity contribution in [1.82, 2.24) is 0 Å². The maximum atomic E-state index is 13.9. The minimum atomic E-state index is -2.48. The number of rotatable bonds is 9. The molecule has 0 amide bonds. The molecular formula is C20H39O2P. The predicted octanol–water partition coefficient (Wildman–Crippen LogP) is 7.16. The zero-order valence-corrected chi connectivity index (χ0v) is 16.5. The molecule has 2 atom stereocenters. The number of hydrogen-bond acceptors (Lipinski definition) is 2. The first-order valence-electron chi connectivity index (χ1n) is 10.4. The fourth-order valence-electron chi connectivity index (χ4n) is 4.45. The van der Waals surface area contributed by atoms with Gasteiger partial charge in [0.25, 0.3) is 0 Å². The van der Waals surface area contributed by atoms with E-state index in [0.717, 1.165) is 38.3 Å². The molecule has 3 heteroatoms. The lowest BCUT2D eigenvalue weighted by atomic mass is 9.98. The molecule has 0 aliphatic heterocycles. The monoisotopic (exact) mass is 342 g/mol. The van der Waals surface area contributed by atoms with E-state index in [1.165, 1.54) is 57.8 Å². The molecule has 2 saturated carbocycles. The molecule has 0 N–H and O–H groups in total. The summed E-state index contributed by atoms with van der Waals surface area (Å²) in [5.74, 6) is 0.603. The van der Waals surface area contributed by atoms with Crippen molar-refractivity contribution in [2.75, 3.05) is 6.16 Å². The molecule has 23 heavy (non-hydrogen) atoms. The van der Waals surface area contributed by atoms with Gasteiger partial charge in [-0.05, 0) is 38.0 Å². The second-order valence-electron chi connectivity index (χ2n) is 7.98. The minimum absolute atomic E-state index is 0.292. The second-order valence-corrected chi connectivity index (χ2v) is 10.7. The minimum Gasteiger partial charge on any atom is -0.325 e. The van der Waals surface area contributed by atoms with Gasteiger partial charge in [-0.15, -0.1) is 0 Å². The van der Waals surface area contributed by atoms with Crippen LogP contribution in [-0.2, 0) is 9.09 Å². The van der Waals surface area contributed by atoms with Crippen LogP contribution in [0.3, 0.4) is 0 Å². The summed E-state index contributed by atoms with van der Waals surface area (Å²) >= 11 is 0. The molecule has 0 saturated heterocycles. The molecule has 0 radical (unpaired) electrons. The third-order valence-electron chi connectivity index (χ3n) is 6.07. The zero-order chi connectivity index (χ0) is 16.5. The van der Waals surface area contributed by atoms with Gasteiger partial charge in [0, 0.05) is 11.8 Å². The van der Waals surface area contributed by atoms with Crippen LogP contribution in [0, 0.1) is 5.92 Å². The third-order valence-corrected chi connectivity index (χ3v) is 9.38. The van der Waals surface area contributed by atoms with Crippen LogP contribution in [0.5, 0.6) is 0 Å². The van der Waals surface area contributed by atoms with E-state index in [9.17, 15) is 4.57 Å². The Kier molecular flexibility index (Phi) is 8.69. The fraction of sp³-hybridized carbons (Fsp3) is 1.00. The first kappa shape index (κ1) is 19.5. The Hall–Kier alpha value is 0.190. The number of unbranched alkanes of at least 4 members (excludes halogenated alkanes) is 1. The highest BCUT2D eigenvalue weighted by molar-refractivity contribution is 7.59. The molecule has 2 rings (SSSR count). The topological polar surface area (TPSA) is 26.3 Å². The summed E-state index contributed by atoms with van der Waals surface area (Å²) in [6.45, 7) is 4.53. The Morgan fingerprint density at radius 1 is 0.957 bits per heavy atom. The molecule has 2 aliphatic carbocycles. The molecule has 0 aromatic heterocycles. The molecular weight excluding hydrogens is 303 g/mol. The van der Waals surface area contributed by atoms with Crippen LogP contribution in [-0.4, -0.2) is 17.9 Å². The van der Waals surface area contributed by atoms with Gasteiger partial charge < -0.3 is 4.52 Å². The van der Waals surface area contributed by atoms with Crippen molar-refractivity contribution in [3.63, 3.8) is 0 Å². The van der Waals surface area contributed by atoms with Crippen molar-refractivity contribution in [3.05, 3.63) is 0 Å². The smallest absolute Gasteiger partial charge is 0.206 e. The highest BCUT2D eigenvalue weighted by Crippen LogP contribution is 2.60. The van der Waals surface area contributed by atoms with E-state index in [1.807, 2.05) is 0 Å². The average molecular weight is 343 g/mol. The average Bonchev–Trinajstić information content (AvgIpc) is 2.60. The van der Waals surface area contributed by atoms with E-state index in [-0.39, 0.29) is 0 Å². The molecule has 2 unspecified atom stereocenters. The van der Waals surface area contributed by atoms with Crippen LogP contribution in [0.4, 0.5) is 0 Å². The highest BCUT2D eigenvalue weighted by atomic mass is 31.2. The van der Waals surface area contributed by atoms with Gasteiger partial charge in [-0.3, -0.25) is 4.57 Å². The summed E-state index contributed by atoms with van der Waals surface area (Å²) in [6, 6.07) is 0. The Labute approximate surface area is 144 Å². The molecule has 0 spiro atoms. The van der Waals surface area contributed by atoms with Crippen molar-refractivity contribution in [1.29, 1.82) is 0 Å². The van der Waals surface area contributed by atoms with Crippen molar-refractivity contribution >= 4 is 7.37 Å². The molecule has 0 aromatic carbocycles. The van der Waals surface area contributed by atoms with Gasteiger partial charge in [0.15, 0.2) is 0 Å². The van der Waals surface area contributed by atoms with Gasteiger partial charge in [0.1, 0.15) is 0 Å². The van der Waals surface area contributed by atoms with Crippen LogP contribution in [0.2, 0.25) is 0 Å². The summed E-state index contributed by atoms with van der Waals surface area (Å²) in [7, 11) is -2.48. The molecule has 2 aliphatic rings. The van der Waals surface area contributed by atoms with Crippen molar-refractivity contribution in [2.24, 2.45) is 5.92 Å².